The van der Waals surface area contributed by atoms with E-state index in [1.54, 1.807) is 30.3 Å². The van der Waals surface area contributed by atoms with Crippen molar-refractivity contribution in [1.29, 1.82) is 0 Å². The highest BCUT2D eigenvalue weighted by atomic mass is 32.2. The Kier molecular flexibility index (Phi) is 11.2. The van der Waals surface area contributed by atoms with Crippen LogP contribution in [0.15, 0.2) is 54.1 Å². The molecule has 1 heterocycles. The molecule has 0 saturated carbocycles. The number of carbonyl (C=O) groups is 1. The lowest BCUT2D eigenvalue weighted by molar-refractivity contribution is 0.104. The van der Waals surface area contributed by atoms with E-state index in [2.05, 4.69) is 10.3 Å². The maximum atomic E-state index is 13.0. The van der Waals surface area contributed by atoms with Crippen LogP contribution in [-0.2, 0) is 15.6 Å². The topological polar surface area (TPSA) is 141 Å². The minimum Gasteiger partial charge on any atom is -0.496 e. The van der Waals surface area contributed by atoms with Crippen LogP contribution in [0, 0.1) is 0 Å². The van der Waals surface area contributed by atoms with Gasteiger partial charge < -0.3 is 38.5 Å². The monoisotopic (exact) mass is 614 g/mol. The van der Waals surface area contributed by atoms with E-state index >= 15 is 0 Å². The summed E-state index contributed by atoms with van der Waals surface area (Å²) in [7, 11) is 6.43. The number of nitrogens with one attached hydrogen (secondary N) is 1. The molecule has 13 heteroatoms. The summed E-state index contributed by atoms with van der Waals surface area (Å²) in [5, 5.41) is 3.95. The zero-order valence-corrected chi connectivity index (χ0v) is 25.7. The van der Waals surface area contributed by atoms with E-state index < -0.39 is 21.4 Å². The minimum absolute atomic E-state index is 0.195. The Morgan fingerprint density at radius 1 is 0.744 bits per heavy atom. The molecule has 0 bridgehead atoms. The Labute approximate surface area is 250 Å². The van der Waals surface area contributed by atoms with Gasteiger partial charge in [0.05, 0.1) is 66.8 Å². The van der Waals surface area contributed by atoms with Crippen molar-refractivity contribution in [2.24, 2.45) is 0 Å². The van der Waals surface area contributed by atoms with Gasteiger partial charge in [-0.2, -0.15) is 0 Å². The number of benzene rings is 2. The molecule has 2 aromatic carbocycles. The fourth-order valence-corrected chi connectivity index (χ4v) is 5.00. The predicted octanol–water partition coefficient (Wildman–Crippen LogP) is 4.54. The number of allylic oxidation sites excluding steroid dienone is 1. The molecule has 0 saturated heterocycles. The first-order chi connectivity index (χ1) is 20.6. The van der Waals surface area contributed by atoms with Gasteiger partial charge in [0.15, 0.2) is 27.2 Å². The zero-order valence-electron chi connectivity index (χ0n) is 24.9. The molecule has 0 aliphatic carbocycles. The van der Waals surface area contributed by atoms with Crippen LogP contribution in [0.3, 0.4) is 0 Å². The Hall–Kier alpha value is -4.91. The van der Waals surface area contributed by atoms with Gasteiger partial charge in [-0.05, 0) is 18.2 Å². The highest BCUT2D eigenvalue weighted by molar-refractivity contribution is 7.93. The summed E-state index contributed by atoms with van der Waals surface area (Å²) in [6.45, 7) is 0. The molecule has 1 N–H and O–H groups in total. The lowest BCUT2D eigenvalue weighted by Gasteiger charge is -2.13. The van der Waals surface area contributed by atoms with Crippen LogP contribution in [0.4, 0.5) is 5.82 Å². The van der Waals surface area contributed by atoms with Gasteiger partial charge in [-0.25, -0.2) is 13.4 Å². The first kappa shape index (κ1) is 32.6. The number of methoxy groups -OCH3 is 7. The summed E-state index contributed by atoms with van der Waals surface area (Å²) in [6, 6.07) is 9.49. The van der Waals surface area contributed by atoms with Crippen LogP contribution < -0.4 is 38.5 Å². The first-order valence-electron chi connectivity index (χ1n) is 12.7. The molecular weight excluding hydrogens is 580 g/mol. The van der Waals surface area contributed by atoms with E-state index in [0.717, 1.165) is 5.41 Å². The smallest absolute Gasteiger partial charge is 0.194 e. The molecule has 0 unspecified atom stereocenters. The molecule has 0 aliphatic rings. The van der Waals surface area contributed by atoms with E-state index in [1.165, 1.54) is 74.2 Å². The van der Waals surface area contributed by atoms with E-state index in [4.69, 9.17) is 33.2 Å². The van der Waals surface area contributed by atoms with Gasteiger partial charge in [-0.1, -0.05) is 0 Å². The molecule has 230 valence electrons. The number of sulfone groups is 1. The van der Waals surface area contributed by atoms with Gasteiger partial charge in [0.1, 0.15) is 40.1 Å². The Bertz CT molecular complexity index is 1570. The predicted molar refractivity (Wildman–Crippen MR) is 162 cm³/mol. The number of ether oxygens (including phenoxy) is 7. The third-order valence-corrected chi connectivity index (χ3v) is 7.35. The maximum Gasteiger partial charge on any atom is 0.194 e. The highest BCUT2D eigenvalue weighted by Crippen LogP contribution is 2.36. The summed E-state index contributed by atoms with van der Waals surface area (Å²) in [4.78, 5) is 17.4. The molecule has 0 amide bonds. The van der Waals surface area contributed by atoms with Crippen molar-refractivity contribution in [1.82, 2.24) is 4.98 Å². The molecule has 0 aliphatic heterocycles. The number of anilines is 1. The number of nitrogens with zero attached hydrogens (tertiary/aromatic N) is 1. The van der Waals surface area contributed by atoms with Crippen LogP contribution in [0.5, 0.6) is 40.2 Å². The van der Waals surface area contributed by atoms with E-state index in [-0.39, 0.29) is 28.6 Å². The number of carbonyl (C=O) groups excluding carboxylic acids is 1. The van der Waals surface area contributed by atoms with Crippen molar-refractivity contribution in [2.45, 2.75) is 5.75 Å². The Balaban J connectivity index is 1.83. The van der Waals surface area contributed by atoms with Crippen molar-refractivity contribution in [3.05, 3.63) is 70.9 Å². The average Bonchev–Trinajstić information content (AvgIpc) is 3.02. The van der Waals surface area contributed by atoms with Gasteiger partial charge in [0, 0.05) is 41.9 Å². The van der Waals surface area contributed by atoms with E-state index in [1.807, 2.05) is 0 Å². The van der Waals surface area contributed by atoms with Gasteiger partial charge in [0.25, 0.3) is 0 Å². The number of hydrogen-bond donors (Lipinski definition) is 1. The summed E-state index contributed by atoms with van der Waals surface area (Å²) < 4.78 is 63.3. The normalized spacial score (nSPS) is 11.3. The fraction of sp³-hybridized carbons (Fsp3) is 0.267. The summed E-state index contributed by atoms with van der Waals surface area (Å²) in [5.41, 5.74) is 0.861. The van der Waals surface area contributed by atoms with Crippen LogP contribution in [0.2, 0.25) is 0 Å². The van der Waals surface area contributed by atoms with Gasteiger partial charge in [-0.3, -0.25) is 4.79 Å². The quantitative estimate of drug-likeness (QED) is 0.190. The molecule has 3 rings (SSSR count). The zero-order chi connectivity index (χ0) is 31.6. The summed E-state index contributed by atoms with van der Waals surface area (Å²) in [6.07, 6.45) is 4.01. The molecule has 0 atom stereocenters. The van der Waals surface area contributed by atoms with Crippen molar-refractivity contribution in [3.63, 3.8) is 0 Å². The number of pyridine rings is 1. The summed E-state index contributed by atoms with van der Waals surface area (Å²) in [5.74, 6) is 1.96. The fourth-order valence-electron chi connectivity index (χ4n) is 3.99. The van der Waals surface area contributed by atoms with Crippen LogP contribution >= 0.6 is 0 Å². The molecule has 0 spiro atoms. The van der Waals surface area contributed by atoms with Crippen molar-refractivity contribution >= 4 is 27.5 Å². The van der Waals surface area contributed by atoms with Gasteiger partial charge in [-0.15, -0.1) is 0 Å². The minimum atomic E-state index is -3.79. The second kappa shape index (κ2) is 14.8. The van der Waals surface area contributed by atoms with Crippen molar-refractivity contribution in [2.75, 3.05) is 55.1 Å². The number of hydrogen-bond acceptors (Lipinski definition) is 12. The second-order valence-electron chi connectivity index (χ2n) is 8.66. The molecule has 0 radical (unpaired) electrons. The highest BCUT2D eigenvalue weighted by Gasteiger charge is 2.19. The van der Waals surface area contributed by atoms with E-state index in [0.29, 0.717) is 34.3 Å². The van der Waals surface area contributed by atoms with Crippen LogP contribution in [0.1, 0.15) is 21.6 Å². The lowest BCUT2D eigenvalue weighted by Crippen LogP contribution is -2.06. The Morgan fingerprint density at radius 2 is 1.26 bits per heavy atom. The lowest BCUT2D eigenvalue weighted by atomic mass is 10.1. The third kappa shape index (κ3) is 8.10. The number of aromatic nitrogens is 1. The number of rotatable bonds is 15. The van der Waals surface area contributed by atoms with Crippen LogP contribution in [0.25, 0.3) is 6.08 Å². The van der Waals surface area contributed by atoms with Crippen molar-refractivity contribution in [3.8, 4) is 40.2 Å². The molecule has 1 aromatic heterocycles. The van der Waals surface area contributed by atoms with Gasteiger partial charge >= 0.3 is 0 Å². The summed E-state index contributed by atoms with van der Waals surface area (Å²) >= 11 is 0. The van der Waals surface area contributed by atoms with Gasteiger partial charge in [0.2, 0.25) is 0 Å². The molecule has 0 fully saturated rings. The van der Waals surface area contributed by atoms with Crippen LogP contribution in [-0.4, -0.2) is 69.0 Å². The average molecular weight is 615 g/mol. The van der Waals surface area contributed by atoms with Crippen molar-refractivity contribution < 1.29 is 46.4 Å². The molecular formula is C30H34N2O10S. The molecule has 43 heavy (non-hydrogen) atoms. The largest absolute Gasteiger partial charge is 0.496 e. The molecule has 12 nitrogen and oxygen atoms in total. The standard InChI is InChI=1S/C30H34N2O10S/c1-36-20-14-25(39-4)22(26(15-20)40-5)11-13-43(34,35)18-19-8-9-24(38-3)30(32-19)31-12-10-23(33)29-27(41-6)16-21(37-2)17-28(29)42-7/h8-17H,18H2,1-7H3,(H,31,32)/b12-10-,13-11+. The second-order valence-corrected chi connectivity index (χ2v) is 10.5. The SMILES string of the molecule is COc1cc(OC)c(/C=C/S(=O)(=O)Cc2ccc(OC)c(N/C=C\C(=O)c3c(OC)cc(OC)cc3OC)n2)c(OC)c1. The Morgan fingerprint density at radius 3 is 1.74 bits per heavy atom. The third-order valence-electron chi connectivity index (χ3n) is 6.10. The molecule has 3 aromatic rings. The number of ketones is 1. The first-order valence-corrected chi connectivity index (χ1v) is 14.4. The maximum absolute atomic E-state index is 13.0. The van der Waals surface area contributed by atoms with E-state index in [9.17, 15) is 13.2 Å².